The van der Waals surface area contributed by atoms with E-state index >= 15 is 0 Å². The molecule has 0 unspecified atom stereocenters. The third-order valence-corrected chi connectivity index (χ3v) is 4.16. The molecule has 0 saturated carbocycles. The van der Waals surface area contributed by atoms with Crippen molar-refractivity contribution in [2.24, 2.45) is 0 Å². The zero-order chi connectivity index (χ0) is 18.4. The molecule has 0 fully saturated rings. The number of hydrogen-bond donors (Lipinski definition) is 2. The van der Waals surface area contributed by atoms with E-state index in [0.29, 0.717) is 28.8 Å². The summed E-state index contributed by atoms with van der Waals surface area (Å²) in [6, 6.07) is 16.6. The molecule has 0 aliphatic carbocycles. The van der Waals surface area contributed by atoms with Gasteiger partial charge in [0.15, 0.2) is 10.6 Å². The lowest BCUT2D eigenvalue weighted by Gasteiger charge is -2.09. The number of ether oxygens (including phenoxy) is 1. The Balaban J connectivity index is 1.57. The smallest absolute Gasteiger partial charge is 0.240 e. The van der Waals surface area contributed by atoms with Crippen LogP contribution in [0.15, 0.2) is 54.6 Å². The minimum absolute atomic E-state index is 0.0681. The second kappa shape index (κ2) is 8.64. The molecular formula is C18H17ClN4O2S. The fourth-order valence-corrected chi connectivity index (χ4v) is 2.68. The number of nitrogens with one attached hydrogen (secondary N) is 2. The van der Waals surface area contributed by atoms with Crippen molar-refractivity contribution >= 4 is 29.7 Å². The Morgan fingerprint density at radius 2 is 1.92 bits per heavy atom. The number of carbonyl (C=O) groups excluding carboxylic acids is 1. The average Bonchev–Trinajstić information content (AvgIpc) is 3.01. The molecule has 8 heteroatoms. The molecule has 3 rings (SSSR count). The highest BCUT2D eigenvalue weighted by atomic mass is 35.5. The highest BCUT2D eigenvalue weighted by Crippen LogP contribution is 2.19. The summed E-state index contributed by atoms with van der Waals surface area (Å²) in [5.74, 6) is 1.18. The number of nitrogens with zero attached hydrogens (tertiary/aromatic N) is 2. The molecule has 1 aromatic heterocycles. The first-order chi connectivity index (χ1) is 12.6. The first-order valence-corrected chi connectivity index (χ1v) is 8.78. The minimum atomic E-state index is -0.172. The van der Waals surface area contributed by atoms with Gasteiger partial charge in [-0.15, -0.1) is 0 Å². The van der Waals surface area contributed by atoms with Crippen molar-refractivity contribution in [3.8, 4) is 17.1 Å². The summed E-state index contributed by atoms with van der Waals surface area (Å²) in [7, 11) is 0. The summed E-state index contributed by atoms with van der Waals surface area (Å²) in [6.07, 6.45) is 0. The SMILES string of the molecule is O=C(Cn1c(-c2ccc(Cl)cc2)n[nH]c1=S)NCCOc1ccccc1. The topological polar surface area (TPSA) is 71.9 Å². The predicted molar refractivity (Wildman–Crippen MR) is 103 cm³/mol. The third kappa shape index (κ3) is 4.71. The van der Waals surface area contributed by atoms with Crippen LogP contribution >= 0.6 is 23.8 Å². The van der Waals surface area contributed by atoms with Crippen LogP contribution in [-0.2, 0) is 11.3 Å². The fourth-order valence-electron chi connectivity index (χ4n) is 2.36. The van der Waals surface area contributed by atoms with E-state index in [0.717, 1.165) is 11.3 Å². The van der Waals surface area contributed by atoms with Crippen molar-refractivity contribution in [1.82, 2.24) is 20.1 Å². The third-order valence-electron chi connectivity index (χ3n) is 3.60. The molecule has 134 valence electrons. The molecule has 3 aromatic rings. The predicted octanol–water partition coefficient (Wildman–Crippen LogP) is 3.46. The summed E-state index contributed by atoms with van der Waals surface area (Å²) in [4.78, 5) is 12.2. The highest BCUT2D eigenvalue weighted by Gasteiger charge is 2.12. The zero-order valence-corrected chi connectivity index (χ0v) is 15.4. The van der Waals surface area contributed by atoms with Crippen molar-refractivity contribution < 1.29 is 9.53 Å². The van der Waals surface area contributed by atoms with E-state index in [1.807, 2.05) is 42.5 Å². The first kappa shape index (κ1) is 18.2. The van der Waals surface area contributed by atoms with Gasteiger partial charge < -0.3 is 10.1 Å². The van der Waals surface area contributed by atoms with E-state index in [-0.39, 0.29) is 12.5 Å². The number of aromatic amines is 1. The molecule has 1 amide bonds. The van der Waals surface area contributed by atoms with Gasteiger partial charge in [-0.25, -0.2) is 0 Å². The normalized spacial score (nSPS) is 10.5. The van der Waals surface area contributed by atoms with Crippen LogP contribution in [-0.4, -0.2) is 33.8 Å². The number of rotatable bonds is 7. The number of aromatic nitrogens is 3. The standard InChI is InChI=1S/C18H17ClN4O2S/c19-14-8-6-13(7-9-14)17-21-22-18(26)23(17)12-16(24)20-10-11-25-15-4-2-1-3-5-15/h1-9H,10-12H2,(H,20,24)(H,22,26). The van der Waals surface area contributed by atoms with Crippen molar-refractivity contribution in [1.29, 1.82) is 0 Å². The summed E-state index contributed by atoms with van der Waals surface area (Å²) < 4.78 is 7.57. The lowest BCUT2D eigenvalue weighted by Crippen LogP contribution is -2.31. The van der Waals surface area contributed by atoms with Crippen molar-refractivity contribution in [2.45, 2.75) is 6.54 Å². The first-order valence-electron chi connectivity index (χ1n) is 7.99. The van der Waals surface area contributed by atoms with Gasteiger partial charge in [0.1, 0.15) is 18.9 Å². The molecule has 0 saturated heterocycles. The van der Waals surface area contributed by atoms with Crippen molar-refractivity contribution in [3.05, 3.63) is 64.4 Å². The number of amides is 1. The van der Waals surface area contributed by atoms with Crippen LogP contribution in [0.1, 0.15) is 0 Å². The van der Waals surface area contributed by atoms with Gasteiger partial charge in [-0.3, -0.25) is 14.5 Å². The molecule has 0 spiro atoms. The quantitative estimate of drug-likeness (QED) is 0.480. The van der Waals surface area contributed by atoms with Crippen LogP contribution in [0.4, 0.5) is 0 Å². The monoisotopic (exact) mass is 388 g/mol. The number of H-pyrrole nitrogens is 1. The summed E-state index contributed by atoms with van der Waals surface area (Å²) in [5.41, 5.74) is 0.821. The van der Waals surface area contributed by atoms with Gasteiger partial charge >= 0.3 is 0 Å². The Bertz CT molecular complexity index is 922. The van der Waals surface area contributed by atoms with Gasteiger partial charge in [0.05, 0.1) is 6.54 Å². The van der Waals surface area contributed by atoms with Gasteiger partial charge in [0.25, 0.3) is 0 Å². The summed E-state index contributed by atoms with van der Waals surface area (Å²) in [6.45, 7) is 0.852. The Labute approximate surface area is 160 Å². The van der Waals surface area contributed by atoms with E-state index in [4.69, 9.17) is 28.6 Å². The lowest BCUT2D eigenvalue weighted by molar-refractivity contribution is -0.121. The van der Waals surface area contributed by atoms with Crippen molar-refractivity contribution in [3.63, 3.8) is 0 Å². The molecule has 0 aliphatic heterocycles. The van der Waals surface area contributed by atoms with Crippen LogP contribution in [0.3, 0.4) is 0 Å². The summed E-state index contributed by atoms with van der Waals surface area (Å²) in [5, 5.41) is 10.4. The molecule has 0 bridgehead atoms. The van der Waals surface area contributed by atoms with Crippen LogP contribution in [0.2, 0.25) is 5.02 Å². The molecular weight excluding hydrogens is 372 g/mol. The van der Waals surface area contributed by atoms with Crippen LogP contribution in [0.25, 0.3) is 11.4 Å². The highest BCUT2D eigenvalue weighted by molar-refractivity contribution is 7.71. The van der Waals surface area contributed by atoms with Gasteiger partial charge in [0, 0.05) is 10.6 Å². The fraction of sp³-hybridized carbons (Fsp3) is 0.167. The Morgan fingerprint density at radius 1 is 1.19 bits per heavy atom. The van der Waals surface area contributed by atoms with E-state index in [1.165, 1.54) is 0 Å². The maximum Gasteiger partial charge on any atom is 0.240 e. The average molecular weight is 389 g/mol. The van der Waals surface area contributed by atoms with Crippen LogP contribution in [0.5, 0.6) is 5.75 Å². The number of para-hydroxylation sites is 1. The molecule has 0 radical (unpaired) electrons. The Kier molecular flexibility index (Phi) is 6.04. The van der Waals surface area contributed by atoms with Crippen LogP contribution < -0.4 is 10.1 Å². The van der Waals surface area contributed by atoms with Crippen molar-refractivity contribution in [2.75, 3.05) is 13.2 Å². The zero-order valence-electron chi connectivity index (χ0n) is 13.8. The Morgan fingerprint density at radius 3 is 2.65 bits per heavy atom. The van der Waals surface area contributed by atoms with Crippen LogP contribution in [0, 0.1) is 4.77 Å². The molecule has 0 aliphatic rings. The molecule has 2 aromatic carbocycles. The van der Waals surface area contributed by atoms with Gasteiger partial charge in [-0.05, 0) is 48.6 Å². The number of hydrogen-bond acceptors (Lipinski definition) is 4. The second-order valence-corrected chi connectivity index (χ2v) is 6.28. The van der Waals surface area contributed by atoms with Gasteiger partial charge in [-0.2, -0.15) is 5.10 Å². The number of carbonyl (C=O) groups is 1. The number of halogens is 1. The molecule has 0 atom stereocenters. The van der Waals surface area contributed by atoms with E-state index in [2.05, 4.69) is 15.5 Å². The maximum atomic E-state index is 12.2. The van der Waals surface area contributed by atoms with E-state index in [1.54, 1.807) is 16.7 Å². The molecule has 26 heavy (non-hydrogen) atoms. The minimum Gasteiger partial charge on any atom is -0.492 e. The largest absolute Gasteiger partial charge is 0.492 e. The summed E-state index contributed by atoms with van der Waals surface area (Å²) >= 11 is 11.1. The second-order valence-electron chi connectivity index (χ2n) is 5.46. The molecule has 6 nitrogen and oxygen atoms in total. The lowest BCUT2D eigenvalue weighted by atomic mass is 10.2. The van der Waals surface area contributed by atoms with E-state index in [9.17, 15) is 4.79 Å². The van der Waals surface area contributed by atoms with E-state index < -0.39 is 0 Å². The molecule has 2 N–H and O–H groups in total. The Hall–Kier alpha value is -2.64. The number of benzene rings is 2. The molecule has 1 heterocycles. The van der Waals surface area contributed by atoms with Gasteiger partial charge in [0.2, 0.25) is 5.91 Å². The van der Waals surface area contributed by atoms with Gasteiger partial charge in [-0.1, -0.05) is 29.8 Å². The maximum absolute atomic E-state index is 12.2.